The lowest BCUT2D eigenvalue weighted by molar-refractivity contribution is 0.669. The van der Waals surface area contributed by atoms with Gasteiger partial charge in [0.1, 0.15) is 11.2 Å². The van der Waals surface area contributed by atoms with Crippen LogP contribution in [0.25, 0.3) is 83.7 Å². The predicted molar refractivity (Wildman–Crippen MR) is 255 cm³/mol. The highest BCUT2D eigenvalue weighted by Crippen LogP contribution is 2.42. The summed E-state index contributed by atoms with van der Waals surface area (Å²) in [6.45, 7) is 0. The molecule has 0 saturated carbocycles. The number of allylic oxidation sites excluding steroid dienone is 4. The van der Waals surface area contributed by atoms with E-state index in [2.05, 4.69) is 193 Å². The molecular weight excluding hydrogens is 757 g/mol. The summed E-state index contributed by atoms with van der Waals surface area (Å²) in [6.07, 6.45) is 8.48. The van der Waals surface area contributed by atoms with Gasteiger partial charge in [-0.05, 0) is 94.8 Å². The SMILES string of the molecule is C1=CC(c2nc(-c3cccc(-c4ccccc4)c3)nc(-c3cccc4oc5cc(N(c6ccc(-c7ccccc7)cc6)c6ccc(-c7ccccc7)cc6)ccc5c34)n2)=CCC1. The van der Waals surface area contributed by atoms with E-state index in [1.54, 1.807) is 0 Å². The van der Waals surface area contributed by atoms with Crippen molar-refractivity contribution in [2.24, 2.45) is 0 Å². The molecule has 1 aliphatic carbocycles. The Morgan fingerprint density at radius 3 is 1.55 bits per heavy atom. The van der Waals surface area contributed by atoms with Gasteiger partial charge in [0.2, 0.25) is 0 Å². The standard InChI is InChI=1S/C57H40N4O/c1-5-15-39(16-6-1)42-27-31-47(32-28-42)61(48-33-29-43(30-34-48)40-17-7-2-8-18-40)49-35-36-50-53(38-49)62-52-26-14-25-51(54(50)52)57-59-55(44-21-11-4-12-22-44)58-56(60-57)46-24-13-23-45(37-46)41-19-9-3-10-20-41/h1-3,5-11,13-38H,4,12H2. The number of anilines is 3. The minimum atomic E-state index is 0.603. The van der Waals surface area contributed by atoms with E-state index in [1.807, 2.05) is 30.3 Å². The number of hydrogen-bond donors (Lipinski definition) is 0. The topological polar surface area (TPSA) is 55.1 Å². The number of furan rings is 1. The summed E-state index contributed by atoms with van der Waals surface area (Å²) >= 11 is 0. The molecule has 0 aliphatic heterocycles. The van der Waals surface area contributed by atoms with E-state index in [0.717, 1.165) is 79.7 Å². The molecule has 0 N–H and O–H groups in total. The molecule has 8 aromatic carbocycles. The van der Waals surface area contributed by atoms with Crippen molar-refractivity contribution in [1.82, 2.24) is 15.0 Å². The van der Waals surface area contributed by atoms with Gasteiger partial charge in [-0.25, -0.2) is 15.0 Å². The average molecular weight is 797 g/mol. The van der Waals surface area contributed by atoms with Gasteiger partial charge in [0.05, 0.1) is 0 Å². The Labute approximate surface area is 360 Å². The quantitative estimate of drug-likeness (QED) is 0.146. The molecule has 5 heteroatoms. The normalized spacial score (nSPS) is 12.4. The monoisotopic (exact) mass is 796 g/mol. The second kappa shape index (κ2) is 16.1. The molecule has 11 rings (SSSR count). The van der Waals surface area contributed by atoms with Gasteiger partial charge in [-0.15, -0.1) is 0 Å². The molecule has 0 radical (unpaired) electrons. The first-order valence-electron chi connectivity index (χ1n) is 21.1. The highest BCUT2D eigenvalue weighted by molar-refractivity contribution is 6.12. The Morgan fingerprint density at radius 2 is 0.919 bits per heavy atom. The number of rotatable bonds is 9. The molecule has 0 spiro atoms. The molecule has 0 amide bonds. The van der Waals surface area contributed by atoms with Crippen molar-refractivity contribution in [2.75, 3.05) is 4.90 Å². The summed E-state index contributed by atoms with van der Waals surface area (Å²) in [5.74, 6) is 1.89. The van der Waals surface area contributed by atoms with Gasteiger partial charge in [0.25, 0.3) is 0 Å². The summed E-state index contributed by atoms with van der Waals surface area (Å²) in [5.41, 5.74) is 14.4. The fraction of sp³-hybridized carbons (Fsp3) is 0.0351. The lowest BCUT2D eigenvalue weighted by atomic mass is 10.0. The summed E-state index contributed by atoms with van der Waals surface area (Å²) in [4.78, 5) is 17.7. The van der Waals surface area contributed by atoms with E-state index in [0.29, 0.717) is 17.5 Å². The van der Waals surface area contributed by atoms with Gasteiger partial charge in [0, 0.05) is 50.6 Å². The van der Waals surface area contributed by atoms with Crippen molar-refractivity contribution in [3.05, 3.63) is 224 Å². The molecule has 0 fully saturated rings. The first kappa shape index (κ1) is 36.9. The lowest BCUT2D eigenvalue weighted by Crippen LogP contribution is -2.09. The Hall–Kier alpha value is -8.15. The maximum atomic E-state index is 6.74. The third kappa shape index (κ3) is 7.16. The van der Waals surface area contributed by atoms with Gasteiger partial charge in [-0.1, -0.05) is 164 Å². The van der Waals surface area contributed by atoms with Crippen LogP contribution in [0.2, 0.25) is 0 Å². The Kier molecular flexibility index (Phi) is 9.60. The third-order valence-electron chi connectivity index (χ3n) is 11.6. The molecule has 62 heavy (non-hydrogen) atoms. The molecule has 2 aromatic heterocycles. The zero-order valence-electron chi connectivity index (χ0n) is 33.9. The van der Waals surface area contributed by atoms with Crippen LogP contribution in [0.3, 0.4) is 0 Å². The van der Waals surface area contributed by atoms with Crippen LogP contribution in [0.1, 0.15) is 18.7 Å². The van der Waals surface area contributed by atoms with Crippen molar-refractivity contribution in [2.45, 2.75) is 12.8 Å². The van der Waals surface area contributed by atoms with E-state index in [-0.39, 0.29) is 0 Å². The maximum absolute atomic E-state index is 6.74. The van der Waals surface area contributed by atoms with E-state index in [4.69, 9.17) is 19.4 Å². The summed E-state index contributed by atoms with van der Waals surface area (Å²) in [5, 5.41) is 1.96. The Bertz CT molecular complexity index is 3180. The van der Waals surface area contributed by atoms with Crippen LogP contribution in [-0.2, 0) is 0 Å². The zero-order chi connectivity index (χ0) is 41.2. The van der Waals surface area contributed by atoms with Crippen LogP contribution in [0.15, 0.2) is 223 Å². The molecule has 0 atom stereocenters. The van der Waals surface area contributed by atoms with Gasteiger partial charge >= 0.3 is 0 Å². The molecule has 5 nitrogen and oxygen atoms in total. The summed E-state index contributed by atoms with van der Waals surface area (Å²) < 4.78 is 6.74. The van der Waals surface area contributed by atoms with Gasteiger partial charge in [-0.2, -0.15) is 0 Å². The number of aromatic nitrogens is 3. The largest absolute Gasteiger partial charge is 0.456 e. The molecule has 0 unspecified atom stereocenters. The predicted octanol–water partition coefficient (Wildman–Crippen LogP) is 15.3. The second-order valence-corrected chi connectivity index (χ2v) is 15.5. The number of hydrogen-bond acceptors (Lipinski definition) is 5. The number of benzene rings is 8. The van der Waals surface area contributed by atoms with E-state index < -0.39 is 0 Å². The van der Waals surface area contributed by atoms with Crippen molar-refractivity contribution in [3.8, 4) is 56.2 Å². The van der Waals surface area contributed by atoms with E-state index >= 15 is 0 Å². The maximum Gasteiger partial charge on any atom is 0.164 e. The average Bonchev–Trinajstić information content (AvgIpc) is 3.74. The minimum Gasteiger partial charge on any atom is -0.456 e. The molecular formula is C57H40N4O. The highest BCUT2D eigenvalue weighted by Gasteiger charge is 2.21. The molecule has 10 aromatic rings. The number of fused-ring (bicyclic) bond motifs is 3. The van der Waals surface area contributed by atoms with Gasteiger partial charge in [-0.3, -0.25) is 0 Å². The summed E-state index contributed by atoms with van der Waals surface area (Å²) in [7, 11) is 0. The number of nitrogens with zero attached hydrogens (tertiary/aromatic N) is 4. The van der Waals surface area contributed by atoms with Gasteiger partial charge < -0.3 is 9.32 Å². The zero-order valence-corrected chi connectivity index (χ0v) is 33.9. The van der Waals surface area contributed by atoms with Crippen LogP contribution in [0, 0.1) is 0 Å². The summed E-state index contributed by atoms with van der Waals surface area (Å²) in [6, 6.07) is 70.0. The smallest absolute Gasteiger partial charge is 0.164 e. The molecule has 1 aliphatic rings. The van der Waals surface area contributed by atoms with Crippen LogP contribution in [0.4, 0.5) is 17.1 Å². The van der Waals surface area contributed by atoms with E-state index in [1.165, 1.54) is 22.3 Å². The Balaban J connectivity index is 1.03. The Morgan fingerprint density at radius 1 is 0.387 bits per heavy atom. The third-order valence-corrected chi connectivity index (χ3v) is 11.6. The van der Waals surface area contributed by atoms with Crippen molar-refractivity contribution < 1.29 is 4.42 Å². The molecule has 0 saturated heterocycles. The van der Waals surface area contributed by atoms with Gasteiger partial charge in [0.15, 0.2) is 17.5 Å². The highest BCUT2D eigenvalue weighted by atomic mass is 16.3. The van der Waals surface area contributed by atoms with E-state index in [9.17, 15) is 0 Å². The fourth-order valence-corrected chi connectivity index (χ4v) is 8.46. The molecule has 0 bridgehead atoms. The van der Waals surface area contributed by atoms with Crippen LogP contribution in [-0.4, -0.2) is 15.0 Å². The van der Waals surface area contributed by atoms with Crippen molar-refractivity contribution in [1.29, 1.82) is 0 Å². The van der Waals surface area contributed by atoms with Crippen LogP contribution >= 0.6 is 0 Å². The first-order chi connectivity index (χ1) is 30.7. The van der Waals surface area contributed by atoms with Crippen LogP contribution in [0.5, 0.6) is 0 Å². The lowest BCUT2D eigenvalue weighted by Gasteiger charge is -2.26. The van der Waals surface area contributed by atoms with Crippen molar-refractivity contribution in [3.63, 3.8) is 0 Å². The first-order valence-corrected chi connectivity index (χ1v) is 21.1. The van der Waals surface area contributed by atoms with Crippen LogP contribution < -0.4 is 4.90 Å². The minimum absolute atomic E-state index is 0.603. The van der Waals surface area contributed by atoms with Crippen molar-refractivity contribution >= 4 is 44.6 Å². The second-order valence-electron chi connectivity index (χ2n) is 15.5. The molecule has 2 heterocycles. The molecule has 294 valence electrons. The fourth-order valence-electron chi connectivity index (χ4n) is 8.46.